The maximum atomic E-state index is 12.9. The number of ether oxygens (including phenoxy) is 3. The Hall–Kier alpha value is -3.67. The lowest BCUT2D eigenvalue weighted by molar-refractivity contribution is -0.167. The Bertz CT molecular complexity index is 1590. The summed E-state index contributed by atoms with van der Waals surface area (Å²) in [6.07, 6.45) is 94.9. The number of rotatable bonds is 64. The van der Waals surface area contributed by atoms with Gasteiger partial charge in [0.1, 0.15) is 13.2 Å². The third-order valence-corrected chi connectivity index (χ3v) is 15.3. The van der Waals surface area contributed by atoms with Gasteiger partial charge in [-0.05, 0) is 103 Å². The van der Waals surface area contributed by atoms with Gasteiger partial charge in [0.05, 0.1) is 0 Å². The minimum atomic E-state index is -0.788. The lowest BCUT2D eigenvalue weighted by atomic mass is 10.0. The average molecular weight is 1140 g/mol. The highest BCUT2D eigenvalue weighted by molar-refractivity contribution is 5.71. The molecule has 0 aromatic heterocycles. The van der Waals surface area contributed by atoms with Crippen LogP contribution in [-0.4, -0.2) is 37.2 Å². The van der Waals surface area contributed by atoms with Crippen LogP contribution >= 0.6 is 0 Å². The van der Waals surface area contributed by atoms with Crippen molar-refractivity contribution >= 4 is 17.9 Å². The Kier molecular flexibility index (Phi) is 66.7. The van der Waals surface area contributed by atoms with E-state index in [1.54, 1.807) is 0 Å². The Morgan fingerprint density at radius 1 is 0.256 bits per heavy atom. The monoisotopic (exact) mass is 1140 g/mol. The summed E-state index contributed by atoms with van der Waals surface area (Å²) in [7, 11) is 0. The number of hydrogen-bond donors (Lipinski definition) is 0. The summed E-state index contributed by atoms with van der Waals surface area (Å²) >= 11 is 0. The Morgan fingerprint density at radius 2 is 0.476 bits per heavy atom. The molecule has 6 nitrogen and oxygen atoms in total. The van der Waals surface area contributed by atoms with Gasteiger partial charge in [-0.15, -0.1) is 0 Å². The fourth-order valence-corrected chi connectivity index (χ4v) is 10.1. The van der Waals surface area contributed by atoms with E-state index < -0.39 is 6.10 Å². The van der Waals surface area contributed by atoms with Gasteiger partial charge in [-0.25, -0.2) is 0 Å². The smallest absolute Gasteiger partial charge is 0.306 e. The quantitative estimate of drug-likeness (QED) is 0.0261. The molecule has 0 fully saturated rings. The molecular formula is C76H132O6. The maximum Gasteiger partial charge on any atom is 0.306 e. The van der Waals surface area contributed by atoms with Crippen LogP contribution in [0.2, 0.25) is 0 Å². The number of esters is 3. The molecule has 0 saturated carbocycles. The van der Waals surface area contributed by atoms with Crippen molar-refractivity contribution in [3.63, 3.8) is 0 Å². The van der Waals surface area contributed by atoms with E-state index in [0.717, 1.165) is 116 Å². The topological polar surface area (TPSA) is 78.9 Å². The molecule has 472 valence electrons. The second-order valence-electron chi connectivity index (χ2n) is 23.4. The van der Waals surface area contributed by atoms with E-state index in [0.29, 0.717) is 19.3 Å². The summed E-state index contributed by atoms with van der Waals surface area (Å²) in [5, 5.41) is 0. The van der Waals surface area contributed by atoms with Crippen LogP contribution in [-0.2, 0) is 28.6 Å². The van der Waals surface area contributed by atoms with Gasteiger partial charge in [-0.2, -0.15) is 0 Å². The molecule has 0 spiro atoms. The number of allylic oxidation sites excluding steroid dienone is 16. The molecule has 0 N–H and O–H groups in total. The first-order chi connectivity index (χ1) is 40.5. The molecule has 82 heavy (non-hydrogen) atoms. The van der Waals surface area contributed by atoms with Crippen LogP contribution in [0.4, 0.5) is 0 Å². The molecule has 0 bridgehead atoms. The molecule has 0 amide bonds. The highest BCUT2D eigenvalue weighted by atomic mass is 16.6. The van der Waals surface area contributed by atoms with Gasteiger partial charge in [0.25, 0.3) is 0 Å². The molecule has 0 radical (unpaired) electrons. The molecule has 0 saturated heterocycles. The van der Waals surface area contributed by atoms with Gasteiger partial charge in [-0.3, -0.25) is 14.4 Å². The predicted octanol–water partition coefficient (Wildman–Crippen LogP) is 24.4. The van der Waals surface area contributed by atoms with E-state index in [1.165, 1.54) is 193 Å². The van der Waals surface area contributed by atoms with Gasteiger partial charge >= 0.3 is 17.9 Å². The summed E-state index contributed by atoms with van der Waals surface area (Å²) in [5.74, 6) is -0.908. The van der Waals surface area contributed by atoms with Crippen LogP contribution in [0.15, 0.2) is 97.2 Å². The molecular weight excluding hydrogens is 1010 g/mol. The van der Waals surface area contributed by atoms with Gasteiger partial charge in [0, 0.05) is 19.3 Å². The summed E-state index contributed by atoms with van der Waals surface area (Å²) in [4.78, 5) is 38.1. The van der Waals surface area contributed by atoms with Crippen LogP contribution in [0, 0.1) is 0 Å². The van der Waals surface area contributed by atoms with Crippen molar-refractivity contribution in [3.8, 4) is 0 Å². The molecule has 0 rings (SSSR count). The summed E-state index contributed by atoms with van der Waals surface area (Å²) in [6.45, 7) is 6.46. The van der Waals surface area contributed by atoms with Crippen molar-refractivity contribution in [2.75, 3.05) is 13.2 Å². The fraction of sp³-hybridized carbons (Fsp3) is 0.750. The van der Waals surface area contributed by atoms with Crippen molar-refractivity contribution in [3.05, 3.63) is 97.2 Å². The van der Waals surface area contributed by atoms with Gasteiger partial charge in [0.2, 0.25) is 0 Å². The van der Waals surface area contributed by atoms with Crippen molar-refractivity contribution in [1.82, 2.24) is 0 Å². The maximum absolute atomic E-state index is 12.9. The zero-order valence-electron chi connectivity index (χ0n) is 54.2. The van der Waals surface area contributed by atoms with Crippen LogP contribution < -0.4 is 0 Å². The zero-order chi connectivity index (χ0) is 59.2. The summed E-state index contributed by atoms with van der Waals surface area (Å²) < 4.78 is 16.8. The van der Waals surface area contributed by atoms with Crippen LogP contribution in [0.25, 0.3) is 0 Å². The Balaban J connectivity index is 4.00. The third-order valence-electron chi connectivity index (χ3n) is 15.3. The zero-order valence-corrected chi connectivity index (χ0v) is 54.2. The minimum Gasteiger partial charge on any atom is -0.462 e. The fourth-order valence-electron chi connectivity index (χ4n) is 10.1. The van der Waals surface area contributed by atoms with E-state index >= 15 is 0 Å². The first-order valence-electron chi connectivity index (χ1n) is 35.2. The standard InChI is InChI=1S/C76H132O6/c1-4-7-10-13-16-18-20-22-24-26-28-30-32-33-34-35-36-37-38-39-40-41-42-43-45-46-48-50-52-54-56-58-60-63-66-69-75(78)81-72-73(71-80-74(77)68-65-62-15-12-9-6-3)82-76(79)70-67-64-61-59-57-55-53-51-49-47-44-31-29-27-25-23-21-19-17-14-11-8-5-2/h8,11,17,19-20,22-23,25-26,28-29,31,47,49,53,55,73H,4-7,9-10,12-16,18,21,24,27,30,32-46,48,50-52,54,56-72H2,1-3H3/b11-8-,19-17-,22-20-,25-23-,28-26-,31-29-,49-47-,55-53-. The van der Waals surface area contributed by atoms with Gasteiger partial charge in [0.15, 0.2) is 6.10 Å². The first kappa shape index (κ1) is 78.3. The van der Waals surface area contributed by atoms with Crippen LogP contribution in [0.1, 0.15) is 348 Å². The lowest BCUT2D eigenvalue weighted by Crippen LogP contribution is -2.30. The number of carbonyl (C=O) groups excluding carboxylic acids is 3. The SMILES string of the molecule is CC/C=C\C/C=C\C/C=C\C/C=C\C/C=C\C/C=C\CCCCCCC(=O)OC(COC(=O)CCCCCCCC)COC(=O)CCCCCCCCCCCCCCCCCCCCCCCCC/C=C\C/C=C\CCCCCCC. The van der Waals surface area contributed by atoms with Crippen molar-refractivity contribution < 1.29 is 28.6 Å². The number of hydrogen-bond acceptors (Lipinski definition) is 6. The van der Waals surface area contributed by atoms with Crippen molar-refractivity contribution in [1.29, 1.82) is 0 Å². The largest absolute Gasteiger partial charge is 0.462 e. The highest BCUT2D eigenvalue weighted by Gasteiger charge is 2.19. The van der Waals surface area contributed by atoms with E-state index in [-0.39, 0.29) is 31.1 Å². The molecule has 0 aliphatic rings. The first-order valence-corrected chi connectivity index (χ1v) is 35.2. The minimum absolute atomic E-state index is 0.0849. The molecule has 0 aliphatic heterocycles. The number of carbonyl (C=O) groups is 3. The molecule has 0 aromatic rings. The second kappa shape index (κ2) is 69.8. The molecule has 6 heteroatoms. The Labute approximate surface area is 508 Å². The normalized spacial score (nSPS) is 12.7. The molecule has 0 aliphatic carbocycles. The lowest BCUT2D eigenvalue weighted by Gasteiger charge is -2.18. The van der Waals surface area contributed by atoms with E-state index in [4.69, 9.17) is 14.2 Å². The molecule has 0 aromatic carbocycles. The van der Waals surface area contributed by atoms with Gasteiger partial charge < -0.3 is 14.2 Å². The Morgan fingerprint density at radius 3 is 0.744 bits per heavy atom. The summed E-state index contributed by atoms with van der Waals surface area (Å²) in [5.41, 5.74) is 0. The highest BCUT2D eigenvalue weighted by Crippen LogP contribution is 2.18. The van der Waals surface area contributed by atoms with E-state index in [2.05, 4.69) is 118 Å². The molecule has 1 atom stereocenters. The van der Waals surface area contributed by atoms with Crippen LogP contribution in [0.3, 0.4) is 0 Å². The van der Waals surface area contributed by atoms with E-state index in [9.17, 15) is 14.4 Å². The van der Waals surface area contributed by atoms with Crippen LogP contribution in [0.5, 0.6) is 0 Å². The summed E-state index contributed by atoms with van der Waals surface area (Å²) in [6, 6.07) is 0. The number of unbranched alkanes of at least 4 members (excludes halogenated alkanes) is 37. The molecule has 0 heterocycles. The van der Waals surface area contributed by atoms with Crippen molar-refractivity contribution in [2.24, 2.45) is 0 Å². The average Bonchev–Trinajstić information content (AvgIpc) is 3.47. The molecule has 1 unspecified atom stereocenters. The third kappa shape index (κ3) is 67.1. The van der Waals surface area contributed by atoms with E-state index in [1.807, 2.05) is 0 Å². The predicted molar refractivity (Wildman–Crippen MR) is 357 cm³/mol. The van der Waals surface area contributed by atoms with Gasteiger partial charge in [-0.1, -0.05) is 323 Å². The van der Waals surface area contributed by atoms with Crippen molar-refractivity contribution in [2.45, 2.75) is 354 Å². The second-order valence-corrected chi connectivity index (χ2v) is 23.4.